The van der Waals surface area contributed by atoms with Gasteiger partial charge in [-0.2, -0.15) is 0 Å². The highest BCUT2D eigenvalue weighted by atomic mass is 35.5. The Bertz CT molecular complexity index is 1060. The smallest absolute Gasteiger partial charge is 0.321 e. The van der Waals surface area contributed by atoms with E-state index in [9.17, 15) is 4.79 Å². The van der Waals surface area contributed by atoms with E-state index in [1.165, 1.54) is 11.3 Å². The molecule has 1 aromatic heterocycles. The van der Waals surface area contributed by atoms with Crippen LogP contribution in [-0.2, 0) is 5.54 Å². The highest BCUT2D eigenvalue weighted by Gasteiger charge is 2.25. The standard InChI is InChI=1S/C22H23ClN4O2S/c1-22(2,24)14-8-6-13(7-9-14)18-12-30-21(26-18)27-20(28)25-17-10-11-29-19-15(17)4-3-5-16(19)23/h3-9,12,17H,10-11,24H2,1-2H3,(H2,25,26,27,28)/t17-/m0/s1. The van der Waals surface area contributed by atoms with Crippen LogP contribution in [0.15, 0.2) is 47.8 Å². The van der Waals surface area contributed by atoms with Crippen molar-refractivity contribution >= 4 is 34.1 Å². The Morgan fingerprint density at radius 3 is 2.77 bits per heavy atom. The minimum absolute atomic E-state index is 0.168. The Kier molecular flexibility index (Phi) is 5.69. The van der Waals surface area contributed by atoms with Crippen LogP contribution in [0.25, 0.3) is 11.3 Å². The number of carbonyl (C=O) groups is 1. The fourth-order valence-electron chi connectivity index (χ4n) is 3.36. The van der Waals surface area contributed by atoms with Crippen molar-refractivity contribution in [2.45, 2.75) is 31.8 Å². The number of carbonyl (C=O) groups excluding carboxylic acids is 1. The molecule has 6 nitrogen and oxygen atoms in total. The van der Waals surface area contributed by atoms with Crippen molar-refractivity contribution in [1.29, 1.82) is 0 Å². The number of fused-ring (bicyclic) bond motifs is 1. The molecule has 0 saturated heterocycles. The molecule has 8 heteroatoms. The molecule has 4 N–H and O–H groups in total. The van der Waals surface area contributed by atoms with Gasteiger partial charge in [0.1, 0.15) is 5.75 Å². The Labute approximate surface area is 184 Å². The number of ether oxygens (including phenoxy) is 1. The van der Waals surface area contributed by atoms with Crippen molar-refractivity contribution in [3.63, 3.8) is 0 Å². The molecule has 4 rings (SSSR count). The van der Waals surface area contributed by atoms with E-state index in [2.05, 4.69) is 15.6 Å². The molecule has 0 radical (unpaired) electrons. The van der Waals surface area contributed by atoms with E-state index < -0.39 is 5.54 Å². The maximum atomic E-state index is 12.5. The van der Waals surface area contributed by atoms with Gasteiger partial charge >= 0.3 is 6.03 Å². The van der Waals surface area contributed by atoms with Crippen LogP contribution >= 0.6 is 22.9 Å². The summed E-state index contributed by atoms with van der Waals surface area (Å²) in [6, 6.07) is 13.1. The van der Waals surface area contributed by atoms with Crippen LogP contribution in [0.4, 0.5) is 9.93 Å². The second-order valence-corrected chi connectivity index (χ2v) is 9.05. The quantitative estimate of drug-likeness (QED) is 0.511. The predicted molar refractivity (Wildman–Crippen MR) is 121 cm³/mol. The molecule has 2 heterocycles. The number of para-hydroxylation sites is 1. The largest absolute Gasteiger partial charge is 0.492 e. The normalized spacial score (nSPS) is 15.8. The molecule has 0 aliphatic carbocycles. The zero-order chi connectivity index (χ0) is 21.3. The Balaban J connectivity index is 1.42. The van der Waals surface area contributed by atoms with Crippen molar-refractivity contribution in [3.05, 3.63) is 64.0 Å². The van der Waals surface area contributed by atoms with Gasteiger partial charge < -0.3 is 15.8 Å². The maximum absolute atomic E-state index is 12.5. The lowest BCUT2D eigenvalue weighted by Gasteiger charge is -2.27. The molecule has 1 aliphatic rings. The number of urea groups is 1. The SMILES string of the molecule is CC(C)(N)c1ccc(-c2csc(NC(=O)N[C@H]3CCOc4c(Cl)cccc43)n2)cc1. The van der Waals surface area contributed by atoms with Crippen molar-refractivity contribution in [1.82, 2.24) is 10.3 Å². The summed E-state index contributed by atoms with van der Waals surface area (Å²) in [5.41, 5.74) is 9.46. The summed E-state index contributed by atoms with van der Waals surface area (Å²) in [6.07, 6.45) is 0.674. The van der Waals surface area contributed by atoms with Crippen LogP contribution in [0.1, 0.15) is 37.4 Å². The van der Waals surface area contributed by atoms with Gasteiger partial charge in [-0.1, -0.05) is 48.0 Å². The number of hydrogen-bond donors (Lipinski definition) is 3. The van der Waals surface area contributed by atoms with Gasteiger partial charge in [0.15, 0.2) is 5.13 Å². The van der Waals surface area contributed by atoms with E-state index in [1.807, 2.05) is 55.6 Å². The number of benzene rings is 2. The molecule has 156 valence electrons. The van der Waals surface area contributed by atoms with Crippen LogP contribution in [0, 0.1) is 0 Å². The zero-order valence-corrected chi connectivity index (χ0v) is 18.3. The highest BCUT2D eigenvalue weighted by molar-refractivity contribution is 7.14. The maximum Gasteiger partial charge on any atom is 0.321 e. The third-order valence-corrected chi connectivity index (χ3v) is 6.04. The summed E-state index contributed by atoms with van der Waals surface area (Å²) >= 11 is 7.58. The molecule has 0 saturated carbocycles. The number of nitrogens with one attached hydrogen (secondary N) is 2. The minimum atomic E-state index is -0.390. The molecule has 3 aromatic rings. The second-order valence-electron chi connectivity index (χ2n) is 7.78. The van der Waals surface area contributed by atoms with Gasteiger partial charge in [-0.15, -0.1) is 11.3 Å². The van der Waals surface area contributed by atoms with Gasteiger partial charge in [-0.05, 0) is 25.5 Å². The fraction of sp³-hybridized carbons (Fsp3) is 0.273. The molecule has 0 fully saturated rings. The summed E-state index contributed by atoms with van der Waals surface area (Å²) < 4.78 is 5.64. The molecule has 1 atom stereocenters. The van der Waals surface area contributed by atoms with E-state index in [4.69, 9.17) is 22.1 Å². The van der Waals surface area contributed by atoms with Crippen LogP contribution in [0.2, 0.25) is 5.02 Å². The fourth-order valence-corrected chi connectivity index (χ4v) is 4.31. The number of aromatic nitrogens is 1. The van der Waals surface area contributed by atoms with E-state index in [1.54, 1.807) is 6.07 Å². The first-order valence-corrected chi connectivity index (χ1v) is 10.9. The van der Waals surface area contributed by atoms with Crippen LogP contribution in [-0.4, -0.2) is 17.6 Å². The van der Waals surface area contributed by atoms with Gasteiger partial charge in [-0.3, -0.25) is 5.32 Å². The molecular formula is C22H23ClN4O2S. The molecular weight excluding hydrogens is 420 g/mol. The van der Waals surface area contributed by atoms with Gasteiger partial charge in [0.25, 0.3) is 0 Å². The number of anilines is 1. The second kappa shape index (κ2) is 8.26. The Hall–Kier alpha value is -2.61. The van der Waals surface area contributed by atoms with Gasteiger partial charge in [-0.25, -0.2) is 9.78 Å². The monoisotopic (exact) mass is 442 g/mol. The van der Waals surface area contributed by atoms with Gasteiger partial charge in [0.2, 0.25) is 0 Å². The third-order valence-electron chi connectivity index (χ3n) is 4.98. The number of amides is 2. The molecule has 1 aliphatic heterocycles. The van der Waals surface area contributed by atoms with Crippen molar-refractivity contribution in [3.8, 4) is 17.0 Å². The van der Waals surface area contributed by atoms with E-state index in [-0.39, 0.29) is 12.1 Å². The number of hydrogen-bond acceptors (Lipinski definition) is 5. The topological polar surface area (TPSA) is 89.3 Å². The predicted octanol–water partition coefficient (Wildman–Crippen LogP) is 5.30. The number of thiazole rings is 1. The lowest BCUT2D eigenvalue weighted by Crippen LogP contribution is -2.35. The molecule has 30 heavy (non-hydrogen) atoms. The minimum Gasteiger partial charge on any atom is -0.492 e. The van der Waals surface area contributed by atoms with Gasteiger partial charge in [0.05, 0.1) is 23.4 Å². The molecule has 0 bridgehead atoms. The molecule has 0 unspecified atom stereocenters. The number of halogens is 1. The first-order valence-electron chi connectivity index (χ1n) is 9.65. The first kappa shape index (κ1) is 20.7. The first-order chi connectivity index (χ1) is 14.3. The number of nitrogens with zero attached hydrogens (tertiary/aromatic N) is 1. The lowest BCUT2D eigenvalue weighted by molar-refractivity contribution is 0.232. The van der Waals surface area contributed by atoms with E-state index >= 15 is 0 Å². The van der Waals surface area contributed by atoms with Crippen molar-refractivity contribution in [2.75, 3.05) is 11.9 Å². The Morgan fingerprint density at radius 1 is 1.27 bits per heavy atom. The average molecular weight is 443 g/mol. The van der Waals surface area contributed by atoms with Crippen LogP contribution < -0.4 is 21.1 Å². The van der Waals surface area contributed by atoms with Crippen LogP contribution in [0.5, 0.6) is 5.75 Å². The van der Waals surface area contributed by atoms with Crippen LogP contribution in [0.3, 0.4) is 0 Å². The van der Waals surface area contributed by atoms with E-state index in [0.29, 0.717) is 28.9 Å². The number of rotatable bonds is 4. The summed E-state index contributed by atoms with van der Waals surface area (Å²) in [5.74, 6) is 0.636. The third kappa shape index (κ3) is 4.43. The summed E-state index contributed by atoms with van der Waals surface area (Å²) in [7, 11) is 0. The van der Waals surface area contributed by atoms with Crippen molar-refractivity contribution < 1.29 is 9.53 Å². The Morgan fingerprint density at radius 2 is 2.03 bits per heavy atom. The highest BCUT2D eigenvalue weighted by Crippen LogP contribution is 2.37. The molecule has 2 amide bonds. The summed E-state index contributed by atoms with van der Waals surface area (Å²) in [6.45, 7) is 4.44. The average Bonchev–Trinajstić information content (AvgIpc) is 3.16. The summed E-state index contributed by atoms with van der Waals surface area (Å²) in [4.78, 5) is 17.1. The lowest BCUT2D eigenvalue weighted by atomic mass is 9.94. The van der Waals surface area contributed by atoms with Crippen molar-refractivity contribution in [2.24, 2.45) is 5.73 Å². The zero-order valence-electron chi connectivity index (χ0n) is 16.7. The van der Waals surface area contributed by atoms with E-state index in [0.717, 1.165) is 22.4 Å². The number of nitrogens with two attached hydrogens (primary N) is 1. The summed E-state index contributed by atoms with van der Waals surface area (Å²) in [5, 5.41) is 8.81. The molecule has 2 aromatic carbocycles. The van der Waals surface area contributed by atoms with Gasteiger partial charge in [0, 0.05) is 28.5 Å². The molecule has 0 spiro atoms.